The van der Waals surface area contributed by atoms with Crippen LogP contribution in [0.25, 0.3) is 0 Å². The van der Waals surface area contributed by atoms with Crippen molar-refractivity contribution in [3.05, 3.63) is 64.4 Å². The summed E-state index contributed by atoms with van der Waals surface area (Å²) in [4.78, 5) is 22.3. The molecule has 132 valence electrons. The Balaban J connectivity index is 2.18. The van der Waals surface area contributed by atoms with E-state index in [2.05, 4.69) is 10.6 Å². The third kappa shape index (κ3) is 4.48. The van der Waals surface area contributed by atoms with Crippen molar-refractivity contribution in [2.24, 2.45) is 0 Å². The number of nitro groups is 1. The topological polar surface area (TPSA) is 138 Å². The summed E-state index contributed by atoms with van der Waals surface area (Å²) in [5, 5.41) is 34.5. The fourth-order valence-corrected chi connectivity index (χ4v) is 1.99. The number of phenolic OH excluding ortho intramolecular Hbond substituents is 1. The summed E-state index contributed by atoms with van der Waals surface area (Å²) in [5.74, 6) is -0.536. The van der Waals surface area contributed by atoms with E-state index in [4.69, 9.17) is 10.00 Å². The molecule has 9 heteroatoms. The minimum absolute atomic E-state index is 0.0287. The summed E-state index contributed by atoms with van der Waals surface area (Å²) in [5.41, 5.74) is 0.271. The van der Waals surface area contributed by atoms with Crippen molar-refractivity contribution >= 4 is 23.0 Å². The van der Waals surface area contributed by atoms with Gasteiger partial charge in [-0.1, -0.05) is 6.07 Å². The van der Waals surface area contributed by atoms with Crippen LogP contribution in [0.5, 0.6) is 11.5 Å². The highest BCUT2D eigenvalue weighted by atomic mass is 16.6. The average Bonchev–Trinajstić information content (AvgIpc) is 2.62. The number of nitro benzene ring substituents is 1. The molecule has 2 rings (SSSR count). The summed E-state index contributed by atoms with van der Waals surface area (Å²) in [6.07, 6.45) is 1.15. The molecule has 0 saturated carbocycles. The molecule has 2 aromatic rings. The maximum absolute atomic E-state index is 12.1. The average molecular weight is 354 g/mol. The van der Waals surface area contributed by atoms with Gasteiger partial charge in [0.2, 0.25) is 0 Å². The molecular formula is C17H14N4O5. The summed E-state index contributed by atoms with van der Waals surface area (Å²) >= 11 is 0. The number of amides is 1. The van der Waals surface area contributed by atoms with Crippen LogP contribution in [-0.2, 0) is 4.79 Å². The van der Waals surface area contributed by atoms with Crippen LogP contribution in [0.1, 0.15) is 0 Å². The van der Waals surface area contributed by atoms with Crippen molar-refractivity contribution in [3.63, 3.8) is 0 Å². The largest absolute Gasteiger partial charge is 0.508 e. The van der Waals surface area contributed by atoms with E-state index in [-0.39, 0.29) is 22.8 Å². The number of ether oxygens (including phenoxy) is 1. The second kappa shape index (κ2) is 8.16. The van der Waals surface area contributed by atoms with Crippen LogP contribution in [0.15, 0.2) is 54.2 Å². The van der Waals surface area contributed by atoms with Crippen LogP contribution in [0, 0.1) is 21.4 Å². The first kappa shape index (κ1) is 18.3. The smallest absolute Gasteiger partial charge is 0.273 e. The van der Waals surface area contributed by atoms with Crippen LogP contribution < -0.4 is 15.4 Å². The number of hydrogen-bond donors (Lipinski definition) is 3. The molecule has 3 N–H and O–H groups in total. The molecule has 0 spiro atoms. The first-order valence-corrected chi connectivity index (χ1v) is 7.24. The summed E-state index contributed by atoms with van der Waals surface area (Å²) in [6.45, 7) is 0. The van der Waals surface area contributed by atoms with E-state index in [0.717, 1.165) is 6.20 Å². The van der Waals surface area contributed by atoms with E-state index >= 15 is 0 Å². The van der Waals surface area contributed by atoms with Crippen LogP contribution in [0.2, 0.25) is 0 Å². The minimum atomic E-state index is -0.688. The lowest BCUT2D eigenvalue weighted by Gasteiger charge is -2.09. The Morgan fingerprint density at radius 3 is 2.73 bits per heavy atom. The molecule has 0 bridgehead atoms. The zero-order valence-electron chi connectivity index (χ0n) is 13.6. The summed E-state index contributed by atoms with van der Waals surface area (Å²) in [7, 11) is 1.34. The van der Waals surface area contributed by atoms with Crippen molar-refractivity contribution in [1.29, 1.82) is 5.26 Å². The van der Waals surface area contributed by atoms with Gasteiger partial charge in [0.1, 0.15) is 23.1 Å². The SMILES string of the molecule is COc1cc([N+](=O)[O-])ccc1N/C=C(/C#N)C(=O)Nc1cccc(O)c1. The number of benzene rings is 2. The van der Waals surface area contributed by atoms with Crippen molar-refractivity contribution < 1.29 is 19.6 Å². The highest BCUT2D eigenvalue weighted by Crippen LogP contribution is 2.29. The van der Waals surface area contributed by atoms with E-state index in [1.54, 1.807) is 18.2 Å². The van der Waals surface area contributed by atoms with Gasteiger partial charge in [0.25, 0.3) is 11.6 Å². The van der Waals surface area contributed by atoms with Crippen LogP contribution in [0.4, 0.5) is 17.1 Å². The number of nitriles is 1. The number of anilines is 2. The predicted octanol–water partition coefficient (Wildman–Crippen LogP) is 2.77. The Bertz CT molecular complexity index is 918. The molecule has 0 unspecified atom stereocenters. The second-order valence-electron chi connectivity index (χ2n) is 4.96. The Morgan fingerprint density at radius 2 is 2.12 bits per heavy atom. The first-order chi connectivity index (χ1) is 12.4. The normalized spacial score (nSPS) is 10.5. The fraction of sp³-hybridized carbons (Fsp3) is 0.0588. The van der Waals surface area contributed by atoms with Crippen molar-refractivity contribution in [3.8, 4) is 17.6 Å². The quantitative estimate of drug-likeness (QED) is 0.314. The van der Waals surface area contributed by atoms with Gasteiger partial charge in [-0.2, -0.15) is 5.26 Å². The van der Waals surface area contributed by atoms with Gasteiger partial charge < -0.3 is 20.5 Å². The second-order valence-corrected chi connectivity index (χ2v) is 4.96. The lowest BCUT2D eigenvalue weighted by atomic mass is 10.2. The van der Waals surface area contributed by atoms with Gasteiger partial charge in [-0.15, -0.1) is 0 Å². The number of nitrogens with zero attached hydrogens (tertiary/aromatic N) is 2. The summed E-state index contributed by atoms with van der Waals surface area (Å²) < 4.78 is 5.06. The number of carbonyl (C=O) groups is 1. The third-order valence-electron chi connectivity index (χ3n) is 3.24. The third-order valence-corrected chi connectivity index (χ3v) is 3.24. The van der Waals surface area contributed by atoms with Gasteiger partial charge >= 0.3 is 0 Å². The van der Waals surface area contributed by atoms with Crippen molar-refractivity contribution in [2.75, 3.05) is 17.7 Å². The number of methoxy groups -OCH3 is 1. The van der Waals surface area contributed by atoms with E-state index in [9.17, 15) is 20.0 Å². The number of rotatable bonds is 6. The van der Waals surface area contributed by atoms with Gasteiger partial charge in [0.05, 0.1) is 23.8 Å². The van der Waals surface area contributed by atoms with Gasteiger partial charge in [-0.3, -0.25) is 14.9 Å². The molecule has 0 aliphatic rings. The zero-order valence-corrected chi connectivity index (χ0v) is 13.6. The standard InChI is InChI=1S/C17H14N4O5/c1-26-16-8-13(21(24)25)5-6-15(16)19-10-11(9-18)17(23)20-12-3-2-4-14(22)7-12/h2-8,10,19,22H,1H3,(H,20,23)/b11-10-. The molecule has 0 fully saturated rings. The minimum Gasteiger partial charge on any atom is -0.508 e. The summed E-state index contributed by atoms with van der Waals surface area (Å²) in [6, 6.07) is 11.5. The van der Waals surface area contributed by atoms with E-state index < -0.39 is 10.8 Å². The molecule has 2 aromatic carbocycles. The van der Waals surface area contributed by atoms with Crippen LogP contribution in [-0.4, -0.2) is 23.0 Å². The molecule has 0 saturated heterocycles. The van der Waals surface area contributed by atoms with Crippen LogP contribution in [0.3, 0.4) is 0 Å². The monoisotopic (exact) mass is 354 g/mol. The number of phenols is 1. The van der Waals surface area contributed by atoms with Crippen molar-refractivity contribution in [1.82, 2.24) is 0 Å². The van der Waals surface area contributed by atoms with Gasteiger partial charge in [-0.05, 0) is 18.2 Å². The van der Waals surface area contributed by atoms with Gasteiger partial charge in [0.15, 0.2) is 0 Å². The zero-order chi connectivity index (χ0) is 19.1. The molecule has 0 atom stereocenters. The molecule has 9 nitrogen and oxygen atoms in total. The number of aromatic hydroxyl groups is 1. The fourth-order valence-electron chi connectivity index (χ4n) is 1.99. The Kier molecular flexibility index (Phi) is 5.74. The highest BCUT2D eigenvalue weighted by Gasteiger charge is 2.13. The Hall–Kier alpha value is -4.06. The Labute approximate surface area is 148 Å². The van der Waals surface area contributed by atoms with Crippen LogP contribution >= 0.6 is 0 Å². The molecule has 1 amide bonds. The van der Waals surface area contributed by atoms with E-state index in [1.165, 1.54) is 37.4 Å². The highest BCUT2D eigenvalue weighted by molar-refractivity contribution is 6.06. The van der Waals surface area contributed by atoms with E-state index in [0.29, 0.717) is 11.4 Å². The molecule has 26 heavy (non-hydrogen) atoms. The lowest BCUT2D eigenvalue weighted by Crippen LogP contribution is -2.14. The molecule has 0 aromatic heterocycles. The number of non-ortho nitro benzene ring substituents is 1. The first-order valence-electron chi connectivity index (χ1n) is 7.24. The Morgan fingerprint density at radius 1 is 1.35 bits per heavy atom. The maximum atomic E-state index is 12.1. The molecule has 0 aliphatic heterocycles. The number of carbonyl (C=O) groups excluding carboxylic acids is 1. The number of nitrogens with one attached hydrogen (secondary N) is 2. The number of hydrogen-bond acceptors (Lipinski definition) is 7. The predicted molar refractivity (Wildman–Crippen MR) is 93.7 cm³/mol. The molecular weight excluding hydrogens is 340 g/mol. The van der Waals surface area contributed by atoms with Crippen molar-refractivity contribution in [2.45, 2.75) is 0 Å². The van der Waals surface area contributed by atoms with E-state index in [1.807, 2.05) is 0 Å². The lowest BCUT2D eigenvalue weighted by molar-refractivity contribution is -0.384. The molecule has 0 radical (unpaired) electrons. The molecule has 0 aliphatic carbocycles. The molecule has 0 heterocycles. The maximum Gasteiger partial charge on any atom is 0.273 e. The van der Waals surface area contributed by atoms with Gasteiger partial charge in [-0.25, -0.2) is 0 Å². The van der Waals surface area contributed by atoms with Gasteiger partial charge in [0, 0.05) is 24.0 Å².